The average Bonchev–Trinajstić information content (AvgIpc) is 3.37. The fourth-order valence-corrected chi connectivity index (χ4v) is 4.69. The molecule has 2 amide bonds. The van der Waals surface area contributed by atoms with Gasteiger partial charge in [0.05, 0.1) is 27.2 Å². The van der Waals surface area contributed by atoms with Gasteiger partial charge in [0.2, 0.25) is 11.7 Å². The third-order valence-electron chi connectivity index (χ3n) is 6.74. The van der Waals surface area contributed by atoms with Gasteiger partial charge in [0.1, 0.15) is 5.82 Å². The van der Waals surface area contributed by atoms with E-state index in [0.717, 1.165) is 16.7 Å². The summed E-state index contributed by atoms with van der Waals surface area (Å²) in [7, 11) is 4.61. The highest BCUT2D eigenvalue weighted by atomic mass is 19.1. The lowest BCUT2D eigenvalue weighted by molar-refractivity contribution is -0.125. The largest absolute Gasteiger partial charge is 0.493 e. The van der Waals surface area contributed by atoms with E-state index in [0.29, 0.717) is 29.4 Å². The van der Waals surface area contributed by atoms with Crippen molar-refractivity contribution in [2.45, 2.75) is 19.4 Å². The van der Waals surface area contributed by atoms with E-state index >= 15 is 0 Å². The normalized spacial score (nSPS) is 16.8. The first-order valence-corrected chi connectivity index (χ1v) is 12.0. The number of aryl methyl sites for hydroxylation is 1. The highest BCUT2D eigenvalue weighted by molar-refractivity contribution is 5.95. The van der Waals surface area contributed by atoms with Crippen molar-refractivity contribution in [3.63, 3.8) is 0 Å². The molecule has 0 unspecified atom stereocenters. The van der Waals surface area contributed by atoms with Gasteiger partial charge in [0, 0.05) is 31.1 Å². The van der Waals surface area contributed by atoms with Gasteiger partial charge in [-0.05, 0) is 54.4 Å². The quantitative estimate of drug-likeness (QED) is 0.492. The number of methoxy groups -OCH3 is 3. The van der Waals surface area contributed by atoms with Crippen LogP contribution in [-0.4, -0.2) is 51.1 Å². The molecule has 1 heterocycles. The van der Waals surface area contributed by atoms with Gasteiger partial charge in [-0.25, -0.2) is 4.39 Å². The van der Waals surface area contributed by atoms with E-state index < -0.39 is 5.92 Å². The SMILES string of the molecule is COc1cc([C@H]2CN(C(=O)c3ccc(C)cc3)C[C@H]2C(=O)NCc2ccc(F)cc2)cc(OC)c1OC. The molecule has 194 valence electrons. The van der Waals surface area contributed by atoms with Crippen LogP contribution in [0.5, 0.6) is 17.2 Å². The highest BCUT2D eigenvalue weighted by Crippen LogP contribution is 2.43. The van der Waals surface area contributed by atoms with Gasteiger partial charge < -0.3 is 24.4 Å². The van der Waals surface area contributed by atoms with Crippen molar-refractivity contribution in [1.29, 1.82) is 0 Å². The monoisotopic (exact) mass is 506 g/mol. The predicted molar refractivity (Wildman–Crippen MR) is 138 cm³/mol. The summed E-state index contributed by atoms with van der Waals surface area (Å²) in [5.74, 6) is -0.0750. The van der Waals surface area contributed by atoms with Crippen molar-refractivity contribution in [3.05, 3.63) is 88.7 Å². The summed E-state index contributed by atoms with van der Waals surface area (Å²) in [5.41, 5.74) is 3.22. The standard InChI is InChI=1S/C29H31FN2O5/c1-18-5-9-20(10-6-18)29(34)32-16-23(21-13-25(35-2)27(37-4)26(14-21)36-3)24(17-32)28(33)31-15-19-7-11-22(30)12-8-19/h5-14,23-24H,15-17H2,1-4H3,(H,31,33)/t23-,24-/m1/s1. The number of likely N-dealkylation sites (tertiary alicyclic amines) is 1. The van der Waals surface area contributed by atoms with Crippen LogP contribution >= 0.6 is 0 Å². The predicted octanol–water partition coefficient (Wildman–Crippen LogP) is 4.33. The average molecular weight is 507 g/mol. The number of rotatable bonds is 8. The first kappa shape index (κ1) is 26.0. The molecule has 3 aromatic rings. The molecule has 0 bridgehead atoms. The van der Waals surface area contributed by atoms with Crippen LogP contribution in [0.25, 0.3) is 0 Å². The topological polar surface area (TPSA) is 77.1 Å². The van der Waals surface area contributed by atoms with Crippen LogP contribution in [-0.2, 0) is 11.3 Å². The first-order valence-electron chi connectivity index (χ1n) is 12.0. The molecule has 4 rings (SSSR count). The molecule has 1 aliphatic heterocycles. The Morgan fingerprint density at radius 1 is 0.919 bits per heavy atom. The van der Waals surface area contributed by atoms with Gasteiger partial charge in [0.15, 0.2) is 11.5 Å². The van der Waals surface area contributed by atoms with Crippen LogP contribution in [0.4, 0.5) is 4.39 Å². The third-order valence-corrected chi connectivity index (χ3v) is 6.74. The summed E-state index contributed by atoms with van der Waals surface area (Å²) in [6.07, 6.45) is 0. The van der Waals surface area contributed by atoms with E-state index in [1.165, 1.54) is 33.5 Å². The molecule has 2 atom stereocenters. The Kier molecular flexibility index (Phi) is 7.96. The number of nitrogens with zero attached hydrogens (tertiary/aromatic N) is 1. The molecule has 1 fully saturated rings. The number of hydrogen-bond acceptors (Lipinski definition) is 5. The Bertz CT molecular complexity index is 1240. The van der Waals surface area contributed by atoms with E-state index in [-0.39, 0.29) is 36.6 Å². The summed E-state index contributed by atoms with van der Waals surface area (Å²) in [6.45, 7) is 2.82. The molecule has 8 heteroatoms. The van der Waals surface area contributed by atoms with Gasteiger partial charge in [-0.1, -0.05) is 29.8 Å². The molecule has 0 radical (unpaired) electrons. The second-order valence-electron chi connectivity index (χ2n) is 9.09. The number of ether oxygens (including phenoxy) is 3. The molecular weight excluding hydrogens is 475 g/mol. The molecular formula is C29H31FN2O5. The minimum Gasteiger partial charge on any atom is -0.493 e. The van der Waals surface area contributed by atoms with Crippen LogP contribution in [0, 0.1) is 18.7 Å². The Morgan fingerprint density at radius 3 is 2.11 bits per heavy atom. The van der Waals surface area contributed by atoms with Crippen LogP contribution in [0.3, 0.4) is 0 Å². The molecule has 0 saturated carbocycles. The van der Waals surface area contributed by atoms with Gasteiger partial charge in [-0.15, -0.1) is 0 Å². The first-order chi connectivity index (χ1) is 17.8. The molecule has 1 N–H and O–H groups in total. The van der Waals surface area contributed by atoms with E-state index in [4.69, 9.17) is 14.2 Å². The fraction of sp³-hybridized carbons (Fsp3) is 0.310. The molecule has 37 heavy (non-hydrogen) atoms. The van der Waals surface area contributed by atoms with Crippen LogP contribution < -0.4 is 19.5 Å². The summed E-state index contributed by atoms with van der Waals surface area (Å²) >= 11 is 0. The number of carbonyl (C=O) groups excluding carboxylic acids is 2. The lowest BCUT2D eigenvalue weighted by Crippen LogP contribution is -2.35. The Morgan fingerprint density at radius 2 is 1.54 bits per heavy atom. The minimum atomic E-state index is -0.516. The highest BCUT2D eigenvalue weighted by Gasteiger charge is 2.41. The molecule has 0 spiro atoms. The van der Waals surface area contributed by atoms with Gasteiger partial charge in [0.25, 0.3) is 5.91 Å². The van der Waals surface area contributed by atoms with Gasteiger partial charge in [-0.2, -0.15) is 0 Å². The van der Waals surface area contributed by atoms with Crippen molar-refractivity contribution in [3.8, 4) is 17.2 Å². The van der Waals surface area contributed by atoms with E-state index in [2.05, 4.69) is 5.32 Å². The summed E-state index contributed by atoms with van der Waals surface area (Å²) in [4.78, 5) is 28.5. The summed E-state index contributed by atoms with van der Waals surface area (Å²) in [6, 6.07) is 17.0. The second kappa shape index (κ2) is 11.3. The maximum Gasteiger partial charge on any atom is 0.253 e. The fourth-order valence-electron chi connectivity index (χ4n) is 4.69. The maximum absolute atomic E-state index is 13.4. The molecule has 3 aromatic carbocycles. The number of nitrogens with one attached hydrogen (secondary N) is 1. The number of hydrogen-bond donors (Lipinski definition) is 1. The molecule has 0 aromatic heterocycles. The van der Waals surface area contributed by atoms with Crippen molar-refractivity contribution in [1.82, 2.24) is 10.2 Å². The minimum absolute atomic E-state index is 0.133. The summed E-state index contributed by atoms with van der Waals surface area (Å²) < 4.78 is 29.8. The Balaban J connectivity index is 1.64. The van der Waals surface area contributed by atoms with Crippen molar-refractivity contribution in [2.24, 2.45) is 5.92 Å². The lowest BCUT2D eigenvalue weighted by atomic mass is 9.87. The van der Waals surface area contributed by atoms with E-state index in [1.807, 2.05) is 31.2 Å². The van der Waals surface area contributed by atoms with Crippen molar-refractivity contribution in [2.75, 3.05) is 34.4 Å². The molecule has 0 aliphatic carbocycles. The van der Waals surface area contributed by atoms with Crippen LogP contribution in [0.2, 0.25) is 0 Å². The smallest absolute Gasteiger partial charge is 0.253 e. The number of carbonyl (C=O) groups is 2. The Labute approximate surface area is 216 Å². The second-order valence-corrected chi connectivity index (χ2v) is 9.09. The number of halogens is 1. The zero-order valence-corrected chi connectivity index (χ0v) is 21.4. The molecule has 7 nitrogen and oxygen atoms in total. The third kappa shape index (κ3) is 5.69. The van der Waals surface area contributed by atoms with Crippen LogP contribution in [0.15, 0.2) is 60.7 Å². The van der Waals surface area contributed by atoms with Gasteiger partial charge in [-0.3, -0.25) is 9.59 Å². The van der Waals surface area contributed by atoms with Crippen molar-refractivity contribution >= 4 is 11.8 Å². The molecule has 1 aliphatic rings. The van der Waals surface area contributed by atoms with Crippen molar-refractivity contribution < 1.29 is 28.2 Å². The lowest BCUT2D eigenvalue weighted by Gasteiger charge is -2.21. The van der Waals surface area contributed by atoms with E-state index in [9.17, 15) is 14.0 Å². The maximum atomic E-state index is 13.4. The number of amides is 2. The zero-order valence-electron chi connectivity index (χ0n) is 21.4. The zero-order chi connectivity index (χ0) is 26.5. The number of benzene rings is 3. The summed E-state index contributed by atoms with van der Waals surface area (Å²) in [5, 5.41) is 2.96. The van der Waals surface area contributed by atoms with E-state index in [1.54, 1.807) is 29.2 Å². The molecule has 1 saturated heterocycles. The van der Waals surface area contributed by atoms with Crippen LogP contribution in [0.1, 0.15) is 33.0 Å². The van der Waals surface area contributed by atoms with Gasteiger partial charge >= 0.3 is 0 Å². The Hall–Kier alpha value is -4.07.